The van der Waals surface area contributed by atoms with E-state index in [-0.39, 0.29) is 25.2 Å². The van der Waals surface area contributed by atoms with Gasteiger partial charge in [-0.1, -0.05) is 19.1 Å². The lowest BCUT2D eigenvalue weighted by Crippen LogP contribution is -2.10. The lowest BCUT2D eigenvalue weighted by molar-refractivity contribution is -0.144. The summed E-state index contributed by atoms with van der Waals surface area (Å²) in [6, 6.07) is 8.84. The summed E-state index contributed by atoms with van der Waals surface area (Å²) in [5.41, 5.74) is 2.33. The van der Waals surface area contributed by atoms with Crippen molar-refractivity contribution >= 4 is 34.1 Å². The quantitative estimate of drug-likeness (QED) is 0.326. The number of rotatable bonds is 7. The van der Waals surface area contributed by atoms with Crippen molar-refractivity contribution in [1.29, 1.82) is 0 Å². The highest BCUT2D eigenvalue weighted by molar-refractivity contribution is 7.12. The number of esters is 1. The van der Waals surface area contributed by atoms with Crippen LogP contribution in [-0.4, -0.2) is 11.8 Å². The second-order valence-electron chi connectivity index (χ2n) is 6.69. The van der Waals surface area contributed by atoms with Crippen LogP contribution < -0.4 is 5.63 Å². The number of ether oxygens (including phenoxy) is 1. The molecule has 0 saturated heterocycles. The summed E-state index contributed by atoms with van der Waals surface area (Å²) >= 11 is 1.57. The number of Topliss-reactive ketones (excluding diaryl/α,β-unsaturated/α-hetero) is 1. The molecule has 0 fully saturated rings. The van der Waals surface area contributed by atoms with Gasteiger partial charge in [-0.3, -0.25) is 9.59 Å². The summed E-state index contributed by atoms with van der Waals surface area (Å²) in [5, 5.41) is 0.741. The molecule has 3 rings (SSSR count). The summed E-state index contributed by atoms with van der Waals surface area (Å²) in [5.74, 6) is -0.527. The molecule has 6 heteroatoms. The molecule has 0 bridgehead atoms. The van der Waals surface area contributed by atoms with E-state index in [2.05, 4.69) is 0 Å². The van der Waals surface area contributed by atoms with Crippen molar-refractivity contribution in [2.24, 2.45) is 0 Å². The molecular weight excluding hydrogens is 376 g/mol. The lowest BCUT2D eigenvalue weighted by atomic mass is 10.1. The van der Waals surface area contributed by atoms with E-state index in [0.717, 1.165) is 27.1 Å². The van der Waals surface area contributed by atoms with Crippen molar-refractivity contribution in [3.05, 3.63) is 67.2 Å². The number of hydrogen-bond acceptors (Lipinski definition) is 6. The number of fused-ring (bicyclic) bond motifs is 1. The van der Waals surface area contributed by atoms with Crippen LogP contribution in [0.4, 0.5) is 0 Å². The Bertz CT molecular complexity index is 1090. The first kappa shape index (κ1) is 20.0. The third-order valence-electron chi connectivity index (χ3n) is 4.59. The first-order valence-electron chi connectivity index (χ1n) is 9.19. The summed E-state index contributed by atoms with van der Waals surface area (Å²) < 4.78 is 10.6. The molecule has 0 spiro atoms. The molecule has 0 aliphatic carbocycles. The zero-order valence-corrected chi connectivity index (χ0v) is 17.0. The molecular formula is C22H22O5S. The molecule has 1 aromatic carbocycles. The van der Waals surface area contributed by atoms with Gasteiger partial charge in [0.05, 0.1) is 6.42 Å². The van der Waals surface area contributed by atoms with Crippen molar-refractivity contribution in [3.63, 3.8) is 0 Å². The number of ketones is 1. The molecule has 2 heterocycles. The van der Waals surface area contributed by atoms with E-state index in [1.807, 2.05) is 45.0 Å². The van der Waals surface area contributed by atoms with Crippen molar-refractivity contribution in [2.75, 3.05) is 0 Å². The molecule has 0 N–H and O–H groups in total. The number of carbonyl (C=O) groups excluding carboxylic acids is 2. The van der Waals surface area contributed by atoms with Crippen molar-refractivity contribution in [2.45, 2.75) is 46.6 Å². The third-order valence-corrected chi connectivity index (χ3v) is 5.56. The fourth-order valence-electron chi connectivity index (χ4n) is 3.10. The summed E-state index contributed by atoms with van der Waals surface area (Å²) in [7, 11) is 0. The first-order valence-corrected chi connectivity index (χ1v) is 10.0. The summed E-state index contributed by atoms with van der Waals surface area (Å²) in [6.45, 7) is 5.84. The molecule has 0 unspecified atom stereocenters. The number of thiophene rings is 1. The van der Waals surface area contributed by atoms with Crippen LogP contribution in [0, 0.1) is 13.8 Å². The molecule has 0 amide bonds. The average Bonchev–Trinajstić information content (AvgIpc) is 3.01. The van der Waals surface area contributed by atoms with Gasteiger partial charge in [-0.05, 0) is 38.0 Å². The maximum atomic E-state index is 12.3. The van der Waals surface area contributed by atoms with Gasteiger partial charge in [0.1, 0.15) is 12.2 Å². The van der Waals surface area contributed by atoms with Gasteiger partial charge < -0.3 is 9.15 Å². The molecule has 0 aliphatic heterocycles. The zero-order chi connectivity index (χ0) is 20.3. The van der Waals surface area contributed by atoms with Crippen LogP contribution in [-0.2, 0) is 22.6 Å². The Kier molecular flexibility index (Phi) is 6.09. The van der Waals surface area contributed by atoms with Crippen LogP contribution in [0.1, 0.15) is 51.0 Å². The molecule has 0 atom stereocenters. The number of aryl methyl sites for hydroxylation is 3. The van der Waals surface area contributed by atoms with Gasteiger partial charge in [0.15, 0.2) is 5.78 Å². The lowest BCUT2D eigenvalue weighted by Gasteiger charge is -2.08. The average molecular weight is 398 g/mol. The summed E-state index contributed by atoms with van der Waals surface area (Å²) in [4.78, 5) is 38.2. The first-order chi connectivity index (χ1) is 13.4. The van der Waals surface area contributed by atoms with E-state index in [9.17, 15) is 14.4 Å². The SMILES string of the molecule is CCc1ccc2c(COC(=O)CCC(=O)c3cc(C)sc3C)cc(=O)oc2c1. The Morgan fingerprint density at radius 1 is 1.11 bits per heavy atom. The molecule has 146 valence electrons. The maximum Gasteiger partial charge on any atom is 0.336 e. The zero-order valence-electron chi connectivity index (χ0n) is 16.2. The molecule has 0 aliphatic rings. The van der Waals surface area contributed by atoms with E-state index in [4.69, 9.17) is 9.15 Å². The van der Waals surface area contributed by atoms with E-state index in [1.54, 1.807) is 11.3 Å². The smallest absolute Gasteiger partial charge is 0.336 e. The summed E-state index contributed by atoms with van der Waals surface area (Å²) in [6.07, 6.45) is 0.940. The van der Waals surface area contributed by atoms with Gasteiger partial charge in [-0.15, -0.1) is 11.3 Å². The predicted octanol–water partition coefficient (Wildman–Crippen LogP) is 4.74. The molecule has 3 aromatic rings. The van der Waals surface area contributed by atoms with Crippen LogP contribution in [0.15, 0.2) is 39.5 Å². The number of carbonyl (C=O) groups is 2. The normalized spacial score (nSPS) is 11.0. The van der Waals surface area contributed by atoms with Gasteiger partial charge in [0.25, 0.3) is 0 Å². The Hall–Kier alpha value is -2.73. The van der Waals surface area contributed by atoms with Crippen LogP contribution in [0.3, 0.4) is 0 Å². The fraction of sp³-hybridized carbons (Fsp3) is 0.318. The molecule has 5 nitrogen and oxygen atoms in total. The van der Waals surface area contributed by atoms with Crippen LogP contribution in [0.2, 0.25) is 0 Å². The van der Waals surface area contributed by atoms with Gasteiger partial charge in [-0.25, -0.2) is 4.79 Å². The second kappa shape index (κ2) is 8.52. The monoisotopic (exact) mass is 398 g/mol. The van der Waals surface area contributed by atoms with Gasteiger partial charge in [-0.2, -0.15) is 0 Å². The van der Waals surface area contributed by atoms with Crippen molar-refractivity contribution in [1.82, 2.24) is 0 Å². The number of hydrogen-bond donors (Lipinski definition) is 0. The largest absolute Gasteiger partial charge is 0.461 e. The molecule has 2 aromatic heterocycles. The van der Waals surface area contributed by atoms with Crippen LogP contribution in [0.5, 0.6) is 0 Å². The van der Waals surface area contributed by atoms with Gasteiger partial charge in [0.2, 0.25) is 0 Å². The van der Waals surface area contributed by atoms with E-state index in [0.29, 0.717) is 16.7 Å². The highest BCUT2D eigenvalue weighted by atomic mass is 32.1. The number of benzene rings is 1. The topological polar surface area (TPSA) is 73.6 Å². The van der Waals surface area contributed by atoms with E-state index in [1.165, 1.54) is 6.07 Å². The Morgan fingerprint density at radius 2 is 1.89 bits per heavy atom. The predicted molar refractivity (Wildman–Crippen MR) is 109 cm³/mol. The van der Waals surface area contributed by atoms with Crippen LogP contribution >= 0.6 is 11.3 Å². The van der Waals surface area contributed by atoms with Crippen molar-refractivity contribution < 1.29 is 18.7 Å². The van der Waals surface area contributed by atoms with Crippen LogP contribution in [0.25, 0.3) is 11.0 Å². The second-order valence-corrected chi connectivity index (χ2v) is 8.15. The maximum absolute atomic E-state index is 12.3. The van der Waals surface area contributed by atoms with E-state index >= 15 is 0 Å². The van der Waals surface area contributed by atoms with Gasteiger partial charge >= 0.3 is 11.6 Å². The highest BCUT2D eigenvalue weighted by Crippen LogP contribution is 2.23. The molecule has 0 saturated carbocycles. The minimum absolute atomic E-state index is 0.00647. The fourth-order valence-corrected chi connectivity index (χ4v) is 4.04. The molecule has 28 heavy (non-hydrogen) atoms. The molecule has 0 radical (unpaired) electrons. The van der Waals surface area contributed by atoms with Crippen molar-refractivity contribution in [3.8, 4) is 0 Å². The standard InChI is InChI=1S/C22H22O5S/c1-4-15-5-6-17-16(11-22(25)27-20(17)10-15)12-26-21(24)8-7-19(23)18-9-13(2)28-14(18)3/h5-6,9-11H,4,7-8,12H2,1-3H3. The Morgan fingerprint density at radius 3 is 2.57 bits per heavy atom. The Labute approximate surface area is 166 Å². The van der Waals surface area contributed by atoms with Gasteiger partial charge in [0, 0.05) is 38.8 Å². The third kappa shape index (κ3) is 4.57. The minimum Gasteiger partial charge on any atom is -0.461 e. The Balaban J connectivity index is 1.64. The highest BCUT2D eigenvalue weighted by Gasteiger charge is 2.15. The minimum atomic E-state index is -0.481. The van der Waals surface area contributed by atoms with E-state index < -0.39 is 11.6 Å².